The monoisotopic (exact) mass is 375 g/mol. The summed E-state index contributed by atoms with van der Waals surface area (Å²) in [4.78, 5) is 12.2. The minimum absolute atomic E-state index is 0.00109. The Morgan fingerprint density at radius 3 is 2.46 bits per heavy atom. The average molecular weight is 376 g/mol. The SMILES string of the molecule is CCOc1ccc(C(=O)NCCOc2ccccc2C(C)(C)C)cc1Cl. The summed E-state index contributed by atoms with van der Waals surface area (Å²) in [6, 6.07) is 13.0. The maximum Gasteiger partial charge on any atom is 0.251 e. The molecule has 0 unspecified atom stereocenters. The van der Waals surface area contributed by atoms with Crippen LogP contribution in [0.2, 0.25) is 5.02 Å². The van der Waals surface area contributed by atoms with Gasteiger partial charge in [0.1, 0.15) is 18.1 Å². The molecule has 0 aliphatic carbocycles. The average Bonchev–Trinajstić information content (AvgIpc) is 2.60. The Kier molecular flexibility index (Phi) is 6.92. The Morgan fingerprint density at radius 2 is 1.81 bits per heavy atom. The Hall–Kier alpha value is -2.20. The molecule has 5 heteroatoms. The molecule has 2 rings (SSSR count). The van der Waals surface area contributed by atoms with Gasteiger partial charge in [-0.15, -0.1) is 0 Å². The van der Waals surface area contributed by atoms with Crippen LogP contribution in [0.3, 0.4) is 0 Å². The summed E-state index contributed by atoms with van der Waals surface area (Å²) in [5, 5.41) is 3.27. The van der Waals surface area contributed by atoms with Crippen molar-refractivity contribution in [1.29, 1.82) is 0 Å². The van der Waals surface area contributed by atoms with E-state index >= 15 is 0 Å². The second-order valence-corrected chi connectivity index (χ2v) is 7.34. The van der Waals surface area contributed by atoms with E-state index in [1.54, 1.807) is 18.2 Å². The number of amides is 1. The zero-order valence-corrected chi connectivity index (χ0v) is 16.5. The van der Waals surface area contributed by atoms with E-state index in [9.17, 15) is 4.79 Å². The first kappa shape index (κ1) is 20.1. The summed E-state index contributed by atoms with van der Waals surface area (Å²) in [6.07, 6.45) is 0. The van der Waals surface area contributed by atoms with Crippen LogP contribution in [0.1, 0.15) is 43.6 Å². The van der Waals surface area contributed by atoms with Crippen molar-refractivity contribution < 1.29 is 14.3 Å². The van der Waals surface area contributed by atoms with Crippen molar-refractivity contribution in [3.63, 3.8) is 0 Å². The van der Waals surface area contributed by atoms with Crippen LogP contribution in [-0.2, 0) is 5.41 Å². The van der Waals surface area contributed by atoms with Crippen molar-refractivity contribution in [2.24, 2.45) is 0 Å². The standard InChI is InChI=1S/C21H26ClNO3/c1-5-25-19-11-10-15(14-17(19)22)20(24)23-12-13-26-18-9-7-6-8-16(18)21(2,3)4/h6-11,14H,5,12-13H2,1-4H3,(H,23,24). The molecular weight excluding hydrogens is 350 g/mol. The van der Waals surface area contributed by atoms with Crippen molar-refractivity contribution in [3.05, 3.63) is 58.6 Å². The number of hydrogen-bond acceptors (Lipinski definition) is 3. The Balaban J connectivity index is 1.89. The summed E-state index contributed by atoms with van der Waals surface area (Å²) >= 11 is 6.12. The van der Waals surface area contributed by atoms with E-state index in [1.165, 1.54) is 0 Å². The predicted molar refractivity (Wildman–Crippen MR) is 106 cm³/mol. The number of rotatable bonds is 7. The lowest BCUT2D eigenvalue weighted by Crippen LogP contribution is -2.28. The summed E-state index contributed by atoms with van der Waals surface area (Å²) in [5.74, 6) is 1.23. The third kappa shape index (κ3) is 5.40. The van der Waals surface area contributed by atoms with Gasteiger partial charge in [0.25, 0.3) is 5.91 Å². The molecule has 26 heavy (non-hydrogen) atoms. The summed E-state index contributed by atoms with van der Waals surface area (Å²) in [6.45, 7) is 9.64. The third-order valence-electron chi connectivity index (χ3n) is 3.83. The molecule has 0 heterocycles. The van der Waals surface area contributed by atoms with Crippen molar-refractivity contribution >= 4 is 17.5 Å². The van der Waals surface area contributed by atoms with Gasteiger partial charge < -0.3 is 14.8 Å². The smallest absolute Gasteiger partial charge is 0.251 e. The van der Waals surface area contributed by atoms with Gasteiger partial charge in [0.2, 0.25) is 0 Å². The largest absolute Gasteiger partial charge is 0.492 e. The number of nitrogens with one attached hydrogen (secondary N) is 1. The van der Waals surface area contributed by atoms with E-state index in [0.717, 1.165) is 11.3 Å². The van der Waals surface area contributed by atoms with E-state index in [-0.39, 0.29) is 11.3 Å². The highest BCUT2D eigenvalue weighted by Crippen LogP contribution is 2.30. The second-order valence-electron chi connectivity index (χ2n) is 6.93. The molecule has 0 aromatic heterocycles. The highest BCUT2D eigenvalue weighted by molar-refractivity contribution is 6.32. The van der Waals surface area contributed by atoms with Crippen molar-refractivity contribution in [1.82, 2.24) is 5.32 Å². The van der Waals surface area contributed by atoms with E-state index in [4.69, 9.17) is 21.1 Å². The Morgan fingerprint density at radius 1 is 1.08 bits per heavy atom. The molecule has 2 aromatic carbocycles. The van der Waals surface area contributed by atoms with Crippen molar-refractivity contribution in [2.45, 2.75) is 33.1 Å². The van der Waals surface area contributed by atoms with Crippen LogP contribution in [0.5, 0.6) is 11.5 Å². The fraction of sp³-hybridized carbons (Fsp3) is 0.381. The number of para-hydroxylation sites is 1. The second kappa shape index (κ2) is 8.95. The van der Waals surface area contributed by atoms with Crippen LogP contribution in [0, 0.1) is 0 Å². The molecule has 1 N–H and O–H groups in total. The van der Waals surface area contributed by atoms with Gasteiger partial charge >= 0.3 is 0 Å². The first-order chi connectivity index (χ1) is 12.3. The van der Waals surface area contributed by atoms with Gasteiger partial charge in [0.15, 0.2) is 0 Å². The number of benzene rings is 2. The number of carbonyl (C=O) groups is 1. The Bertz CT molecular complexity index is 753. The number of halogens is 1. The normalized spacial score (nSPS) is 11.1. The fourth-order valence-electron chi connectivity index (χ4n) is 2.55. The van der Waals surface area contributed by atoms with Crippen LogP contribution >= 0.6 is 11.6 Å². The molecule has 0 aliphatic heterocycles. The topological polar surface area (TPSA) is 47.6 Å². The molecule has 140 valence electrons. The van der Waals surface area contributed by atoms with E-state index in [2.05, 4.69) is 32.2 Å². The molecule has 1 amide bonds. The molecular formula is C21H26ClNO3. The van der Waals surface area contributed by atoms with Crippen LogP contribution in [-0.4, -0.2) is 25.7 Å². The van der Waals surface area contributed by atoms with E-state index in [0.29, 0.717) is 36.1 Å². The van der Waals surface area contributed by atoms with Crippen molar-refractivity contribution in [3.8, 4) is 11.5 Å². The van der Waals surface area contributed by atoms with E-state index < -0.39 is 0 Å². The molecule has 0 saturated heterocycles. The molecule has 0 bridgehead atoms. The van der Waals surface area contributed by atoms with Gasteiger partial charge in [-0.3, -0.25) is 4.79 Å². The van der Waals surface area contributed by atoms with Crippen LogP contribution in [0.4, 0.5) is 0 Å². The summed E-state index contributed by atoms with van der Waals surface area (Å²) < 4.78 is 11.2. The molecule has 0 atom stereocenters. The molecule has 0 radical (unpaired) electrons. The molecule has 0 spiro atoms. The third-order valence-corrected chi connectivity index (χ3v) is 4.13. The van der Waals surface area contributed by atoms with Crippen LogP contribution in [0.25, 0.3) is 0 Å². The van der Waals surface area contributed by atoms with Gasteiger partial charge in [-0.1, -0.05) is 50.6 Å². The fourth-order valence-corrected chi connectivity index (χ4v) is 2.79. The van der Waals surface area contributed by atoms with Gasteiger partial charge in [-0.2, -0.15) is 0 Å². The maximum absolute atomic E-state index is 12.2. The van der Waals surface area contributed by atoms with Gasteiger partial charge in [0.05, 0.1) is 18.2 Å². The minimum Gasteiger partial charge on any atom is -0.492 e. The number of ether oxygens (including phenoxy) is 2. The van der Waals surface area contributed by atoms with E-state index in [1.807, 2.05) is 25.1 Å². The van der Waals surface area contributed by atoms with Crippen molar-refractivity contribution in [2.75, 3.05) is 19.8 Å². The lowest BCUT2D eigenvalue weighted by Gasteiger charge is -2.22. The predicted octanol–water partition coefficient (Wildman–Crippen LogP) is 4.85. The number of hydrogen-bond donors (Lipinski definition) is 1. The summed E-state index contributed by atoms with van der Waals surface area (Å²) in [7, 11) is 0. The van der Waals surface area contributed by atoms with Gasteiger partial charge in [0, 0.05) is 5.56 Å². The summed E-state index contributed by atoms with van der Waals surface area (Å²) in [5.41, 5.74) is 1.64. The maximum atomic E-state index is 12.2. The highest BCUT2D eigenvalue weighted by Gasteiger charge is 2.18. The lowest BCUT2D eigenvalue weighted by atomic mass is 9.86. The Labute approximate surface area is 160 Å². The zero-order valence-electron chi connectivity index (χ0n) is 15.8. The minimum atomic E-state index is -0.192. The zero-order chi connectivity index (χ0) is 19.2. The molecule has 0 fully saturated rings. The van der Waals surface area contributed by atoms with Crippen LogP contribution < -0.4 is 14.8 Å². The molecule has 0 saturated carbocycles. The van der Waals surface area contributed by atoms with Crippen LogP contribution in [0.15, 0.2) is 42.5 Å². The quantitative estimate of drug-likeness (QED) is 0.704. The van der Waals surface area contributed by atoms with Gasteiger partial charge in [-0.05, 0) is 42.2 Å². The molecule has 0 aliphatic rings. The van der Waals surface area contributed by atoms with Gasteiger partial charge in [-0.25, -0.2) is 0 Å². The molecule has 4 nitrogen and oxygen atoms in total. The molecule has 2 aromatic rings. The highest BCUT2D eigenvalue weighted by atomic mass is 35.5. The first-order valence-corrected chi connectivity index (χ1v) is 9.13. The first-order valence-electron chi connectivity index (χ1n) is 8.75. The lowest BCUT2D eigenvalue weighted by molar-refractivity contribution is 0.0946. The number of carbonyl (C=O) groups excluding carboxylic acids is 1.